The van der Waals surface area contributed by atoms with Crippen LogP contribution in [-0.2, 0) is 6.54 Å². The summed E-state index contributed by atoms with van der Waals surface area (Å²) in [7, 11) is 0. The Balaban J connectivity index is 2.60. The van der Waals surface area contributed by atoms with Crippen molar-refractivity contribution in [3.8, 4) is 11.9 Å². The second-order valence-corrected chi connectivity index (χ2v) is 5.96. The number of aromatic nitrogens is 1. The molecule has 0 saturated heterocycles. The van der Waals surface area contributed by atoms with Gasteiger partial charge in [-0.1, -0.05) is 28.9 Å². The molecular weight excluding hydrogens is 358 g/mol. The number of nitrogens with zero attached hydrogens (tertiary/aromatic N) is 3. The van der Waals surface area contributed by atoms with E-state index in [2.05, 4.69) is 20.9 Å². The zero-order chi connectivity index (χ0) is 17.0. The molecule has 0 aliphatic carbocycles. The second kappa shape index (κ2) is 7.25. The van der Waals surface area contributed by atoms with Crippen molar-refractivity contribution in [2.24, 2.45) is 4.99 Å². The molecule has 23 heavy (non-hydrogen) atoms. The van der Waals surface area contributed by atoms with Gasteiger partial charge >= 0.3 is 0 Å². The Kier molecular flexibility index (Phi) is 5.35. The molecule has 5 nitrogen and oxygen atoms in total. The van der Waals surface area contributed by atoms with Crippen molar-refractivity contribution in [1.29, 1.82) is 5.26 Å². The maximum absolute atomic E-state index is 12.2. The summed E-state index contributed by atoms with van der Waals surface area (Å²) >= 11 is 3.37. The summed E-state index contributed by atoms with van der Waals surface area (Å²) in [4.78, 5) is 16.6. The molecule has 0 aliphatic rings. The molecule has 0 saturated carbocycles. The number of rotatable bonds is 4. The van der Waals surface area contributed by atoms with Gasteiger partial charge in [0.15, 0.2) is 0 Å². The number of pyridine rings is 1. The average Bonchev–Trinajstić information content (AvgIpc) is 2.52. The van der Waals surface area contributed by atoms with E-state index < -0.39 is 5.56 Å². The topological polar surface area (TPSA) is 78.4 Å². The number of aromatic hydroxyl groups is 1. The third kappa shape index (κ3) is 3.51. The van der Waals surface area contributed by atoms with Gasteiger partial charge in [-0.15, -0.1) is 0 Å². The summed E-state index contributed by atoms with van der Waals surface area (Å²) in [5, 5.41) is 19.6. The van der Waals surface area contributed by atoms with Crippen LogP contribution in [0.15, 0.2) is 38.5 Å². The van der Waals surface area contributed by atoms with Gasteiger partial charge in [0.1, 0.15) is 11.6 Å². The molecule has 2 rings (SSSR count). The Morgan fingerprint density at radius 1 is 1.48 bits per heavy atom. The van der Waals surface area contributed by atoms with E-state index in [9.17, 15) is 15.2 Å². The summed E-state index contributed by atoms with van der Waals surface area (Å²) in [5.41, 5.74) is 1.08. The molecule has 2 aromatic rings. The van der Waals surface area contributed by atoms with E-state index in [0.29, 0.717) is 29.8 Å². The summed E-state index contributed by atoms with van der Waals surface area (Å²) in [6, 6.07) is 9.31. The predicted octanol–water partition coefficient (Wildman–Crippen LogP) is 3.66. The van der Waals surface area contributed by atoms with Crippen LogP contribution in [0.25, 0.3) is 0 Å². The Morgan fingerprint density at radius 2 is 2.22 bits per heavy atom. The molecule has 0 fully saturated rings. The maximum atomic E-state index is 12.2. The molecule has 0 atom stereocenters. The SMILES string of the molecule is CCCn1c(O)c(C=Nc2cccc(Br)c2)c(C)c(C#N)c1=O. The highest BCUT2D eigenvalue weighted by atomic mass is 79.9. The van der Waals surface area contributed by atoms with Gasteiger partial charge in [-0.05, 0) is 37.1 Å². The number of benzene rings is 1. The summed E-state index contributed by atoms with van der Waals surface area (Å²) < 4.78 is 2.11. The van der Waals surface area contributed by atoms with Crippen LogP contribution in [0.1, 0.15) is 30.0 Å². The minimum absolute atomic E-state index is 0.0342. The second-order valence-electron chi connectivity index (χ2n) is 5.04. The van der Waals surface area contributed by atoms with Crippen molar-refractivity contribution in [1.82, 2.24) is 4.57 Å². The van der Waals surface area contributed by atoms with Gasteiger partial charge in [0.05, 0.1) is 11.3 Å². The number of hydrogen-bond acceptors (Lipinski definition) is 4. The number of halogens is 1. The lowest BCUT2D eigenvalue weighted by Gasteiger charge is -2.13. The van der Waals surface area contributed by atoms with Crippen molar-refractivity contribution < 1.29 is 5.11 Å². The van der Waals surface area contributed by atoms with Crippen LogP contribution in [0.3, 0.4) is 0 Å². The van der Waals surface area contributed by atoms with Gasteiger partial charge in [0.2, 0.25) is 5.88 Å². The van der Waals surface area contributed by atoms with Crippen LogP contribution >= 0.6 is 15.9 Å². The predicted molar refractivity (Wildman–Crippen MR) is 93.5 cm³/mol. The molecule has 118 valence electrons. The molecule has 1 aromatic heterocycles. The molecule has 6 heteroatoms. The lowest BCUT2D eigenvalue weighted by atomic mass is 10.1. The largest absolute Gasteiger partial charge is 0.494 e. The maximum Gasteiger partial charge on any atom is 0.271 e. The standard InChI is InChI=1S/C17H16BrN3O2/c1-3-7-21-16(22)14(9-19)11(2)15(17(21)23)10-20-13-6-4-5-12(18)8-13/h4-6,8,10,23H,3,7H2,1-2H3. The fraction of sp³-hybridized carbons (Fsp3) is 0.235. The minimum Gasteiger partial charge on any atom is -0.494 e. The Bertz CT molecular complexity index is 863. The fourth-order valence-electron chi connectivity index (χ4n) is 2.25. The van der Waals surface area contributed by atoms with Crippen LogP contribution in [0, 0.1) is 18.3 Å². The van der Waals surface area contributed by atoms with Crippen LogP contribution in [0.2, 0.25) is 0 Å². The average molecular weight is 374 g/mol. The quantitative estimate of drug-likeness (QED) is 0.830. The van der Waals surface area contributed by atoms with Gasteiger partial charge in [-0.3, -0.25) is 14.4 Å². The molecule has 0 amide bonds. The lowest BCUT2D eigenvalue weighted by molar-refractivity contribution is 0.403. The first-order valence-corrected chi connectivity index (χ1v) is 7.95. The fourth-order valence-corrected chi connectivity index (χ4v) is 2.64. The molecule has 0 unspecified atom stereocenters. The molecule has 1 heterocycles. The smallest absolute Gasteiger partial charge is 0.271 e. The zero-order valence-corrected chi connectivity index (χ0v) is 14.5. The molecule has 0 aliphatic heterocycles. The van der Waals surface area contributed by atoms with Crippen LogP contribution in [0.5, 0.6) is 5.88 Å². The monoisotopic (exact) mass is 373 g/mol. The lowest BCUT2D eigenvalue weighted by Crippen LogP contribution is -2.25. The van der Waals surface area contributed by atoms with E-state index in [1.54, 1.807) is 6.92 Å². The van der Waals surface area contributed by atoms with E-state index in [4.69, 9.17) is 0 Å². The summed E-state index contributed by atoms with van der Waals surface area (Å²) in [6.07, 6.45) is 2.16. The summed E-state index contributed by atoms with van der Waals surface area (Å²) in [6.45, 7) is 3.88. The first-order chi connectivity index (χ1) is 11.0. The van der Waals surface area contributed by atoms with Crippen molar-refractivity contribution in [3.05, 3.63) is 55.8 Å². The van der Waals surface area contributed by atoms with Crippen LogP contribution in [0.4, 0.5) is 5.69 Å². The first-order valence-electron chi connectivity index (χ1n) is 7.15. The highest BCUT2D eigenvalue weighted by molar-refractivity contribution is 9.10. The number of aliphatic imine (C=N–C) groups is 1. The molecule has 0 bridgehead atoms. The molecule has 1 aromatic carbocycles. The Labute approximate surface area is 142 Å². The van der Waals surface area contributed by atoms with Crippen molar-refractivity contribution in [2.45, 2.75) is 26.8 Å². The highest BCUT2D eigenvalue weighted by Gasteiger charge is 2.17. The Hall–Kier alpha value is -2.39. The van der Waals surface area contributed by atoms with Crippen LogP contribution < -0.4 is 5.56 Å². The molecular formula is C17H16BrN3O2. The van der Waals surface area contributed by atoms with E-state index >= 15 is 0 Å². The molecule has 0 spiro atoms. The summed E-state index contributed by atoms with van der Waals surface area (Å²) in [5.74, 6) is -0.160. The third-order valence-corrected chi connectivity index (χ3v) is 3.94. The van der Waals surface area contributed by atoms with E-state index in [-0.39, 0.29) is 11.4 Å². The van der Waals surface area contributed by atoms with E-state index in [1.807, 2.05) is 37.3 Å². The van der Waals surface area contributed by atoms with Gasteiger partial charge in [-0.25, -0.2) is 0 Å². The van der Waals surface area contributed by atoms with Gasteiger partial charge < -0.3 is 5.11 Å². The molecule has 1 N–H and O–H groups in total. The minimum atomic E-state index is -0.469. The first kappa shape index (κ1) is 17.0. The van der Waals surface area contributed by atoms with E-state index in [1.165, 1.54) is 10.8 Å². The van der Waals surface area contributed by atoms with Crippen molar-refractivity contribution in [3.63, 3.8) is 0 Å². The zero-order valence-electron chi connectivity index (χ0n) is 12.9. The van der Waals surface area contributed by atoms with Gasteiger partial charge in [0, 0.05) is 17.2 Å². The number of nitriles is 1. The van der Waals surface area contributed by atoms with E-state index in [0.717, 1.165) is 4.47 Å². The normalized spacial score (nSPS) is 10.9. The third-order valence-electron chi connectivity index (χ3n) is 3.44. The van der Waals surface area contributed by atoms with Crippen LogP contribution in [-0.4, -0.2) is 15.9 Å². The van der Waals surface area contributed by atoms with Gasteiger partial charge in [-0.2, -0.15) is 5.26 Å². The molecule has 0 radical (unpaired) electrons. The number of hydrogen-bond donors (Lipinski definition) is 1. The Morgan fingerprint density at radius 3 is 2.83 bits per heavy atom. The van der Waals surface area contributed by atoms with Crippen molar-refractivity contribution in [2.75, 3.05) is 0 Å². The van der Waals surface area contributed by atoms with Crippen molar-refractivity contribution >= 4 is 27.8 Å². The highest BCUT2D eigenvalue weighted by Crippen LogP contribution is 2.22. The van der Waals surface area contributed by atoms with Gasteiger partial charge in [0.25, 0.3) is 5.56 Å².